The van der Waals surface area contributed by atoms with E-state index in [0.717, 1.165) is 11.9 Å². The maximum absolute atomic E-state index is 12.6. The molecule has 0 aliphatic carbocycles. The van der Waals surface area contributed by atoms with Crippen LogP contribution < -0.4 is 0 Å². The molecule has 23 heavy (non-hydrogen) atoms. The van der Waals surface area contributed by atoms with Crippen molar-refractivity contribution in [2.45, 2.75) is 44.9 Å². The molecule has 2 heterocycles. The van der Waals surface area contributed by atoms with Crippen LogP contribution in [0.4, 0.5) is 0 Å². The van der Waals surface area contributed by atoms with Gasteiger partial charge in [-0.05, 0) is 38.3 Å². The van der Waals surface area contributed by atoms with Crippen molar-refractivity contribution in [2.24, 2.45) is 0 Å². The highest BCUT2D eigenvalue weighted by molar-refractivity contribution is 7.85. The van der Waals surface area contributed by atoms with E-state index in [0.29, 0.717) is 18.7 Å². The fourth-order valence-corrected chi connectivity index (χ4v) is 4.69. The van der Waals surface area contributed by atoms with Gasteiger partial charge in [-0.1, -0.05) is 18.2 Å². The second-order valence-electron chi connectivity index (χ2n) is 6.43. The van der Waals surface area contributed by atoms with E-state index < -0.39 is 10.8 Å². The van der Waals surface area contributed by atoms with Crippen LogP contribution in [0.3, 0.4) is 0 Å². The van der Waals surface area contributed by atoms with E-state index in [9.17, 15) is 9.00 Å². The first-order valence-electron chi connectivity index (χ1n) is 8.21. The summed E-state index contributed by atoms with van der Waals surface area (Å²) in [5.41, 5.74) is 3.57. The van der Waals surface area contributed by atoms with E-state index in [1.807, 2.05) is 24.9 Å². The summed E-state index contributed by atoms with van der Waals surface area (Å²) in [6.45, 7) is 6.69. The highest BCUT2D eigenvalue weighted by Crippen LogP contribution is 2.23. The second kappa shape index (κ2) is 6.48. The number of hydrogen-bond donors (Lipinski definition) is 1. The van der Waals surface area contributed by atoms with Gasteiger partial charge in [0.1, 0.15) is 0 Å². The average molecular weight is 332 g/mol. The fourth-order valence-electron chi connectivity index (χ4n) is 3.36. The average Bonchev–Trinajstić information content (AvgIpc) is 2.95. The van der Waals surface area contributed by atoms with Gasteiger partial charge in [-0.25, -0.2) is 0 Å². The van der Waals surface area contributed by atoms with Gasteiger partial charge in [0.15, 0.2) is 0 Å². The molecular weight excluding hydrogens is 308 g/mol. The number of H-pyrrole nitrogens is 1. The number of amides is 1. The minimum atomic E-state index is -0.806. The van der Waals surface area contributed by atoms with Crippen LogP contribution in [0.25, 0.3) is 10.9 Å². The SMILES string of the molecule is Cc1cccc2c(CCC(=O)N3CC[S@](=O)[C@H](C)[C@H]3C)c[nH]c12. The van der Waals surface area contributed by atoms with E-state index in [2.05, 4.69) is 30.1 Å². The zero-order chi connectivity index (χ0) is 16.6. The van der Waals surface area contributed by atoms with E-state index in [-0.39, 0.29) is 17.2 Å². The summed E-state index contributed by atoms with van der Waals surface area (Å²) in [5.74, 6) is 0.770. The monoisotopic (exact) mass is 332 g/mol. The molecule has 0 bridgehead atoms. The molecule has 0 unspecified atom stereocenters. The Morgan fingerprint density at radius 2 is 2.17 bits per heavy atom. The van der Waals surface area contributed by atoms with Crippen LogP contribution in [-0.4, -0.2) is 43.6 Å². The number of hydrogen-bond acceptors (Lipinski definition) is 2. The van der Waals surface area contributed by atoms with E-state index in [4.69, 9.17) is 0 Å². The summed E-state index contributed by atoms with van der Waals surface area (Å²) >= 11 is 0. The normalized spacial score (nSPS) is 25.0. The molecule has 1 amide bonds. The largest absolute Gasteiger partial charge is 0.361 e. The molecule has 4 nitrogen and oxygen atoms in total. The lowest BCUT2D eigenvalue weighted by Gasteiger charge is -2.37. The molecule has 1 aromatic carbocycles. The highest BCUT2D eigenvalue weighted by Gasteiger charge is 2.32. The van der Waals surface area contributed by atoms with Crippen molar-refractivity contribution >= 4 is 27.6 Å². The van der Waals surface area contributed by atoms with Crippen LogP contribution in [0.2, 0.25) is 0 Å². The van der Waals surface area contributed by atoms with Gasteiger partial charge in [-0.15, -0.1) is 0 Å². The Morgan fingerprint density at radius 3 is 2.96 bits per heavy atom. The fraction of sp³-hybridized carbons (Fsp3) is 0.500. The molecule has 0 spiro atoms. The zero-order valence-corrected chi connectivity index (χ0v) is 14.8. The smallest absolute Gasteiger partial charge is 0.223 e. The third-order valence-corrected chi connectivity index (χ3v) is 6.87. The number of nitrogens with one attached hydrogen (secondary N) is 1. The van der Waals surface area contributed by atoms with Crippen LogP contribution in [0.15, 0.2) is 24.4 Å². The number of aryl methyl sites for hydroxylation is 2. The van der Waals surface area contributed by atoms with E-state index in [1.54, 1.807) is 0 Å². The number of nitrogens with zero attached hydrogens (tertiary/aromatic N) is 1. The van der Waals surface area contributed by atoms with Crippen LogP contribution in [0, 0.1) is 6.92 Å². The number of rotatable bonds is 3. The minimum absolute atomic E-state index is 0.0577. The van der Waals surface area contributed by atoms with Crippen molar-refractivity contribution in [3.05, 3.63) is 35.5 Å². The molecule has 1 fully saturated rings. The number of para-hydroxylation sites is 1. The van der Waals surface area contributed by atoms with Gasteiger partial charge in [-0.3, -0.25) is 9.00 Å². The van der Waals surface area contributed by atoms with Crippen molar-refractivity contribution in [2.75, 3.05) is 12.3 Å². The lowest BCUT2D eigenvalue weighted by Crippen LogP contribution is -2.52. The molecular formula is C18H24N2O2S. The number of benzene rings is 1. The summed E-state index contributed by atoms with van der Waals surface area (Å²) in [6, 6.07) is 6.31. The summed E-state index contributed by atoms with van der Waals surface area (Å²) in [6.07, 6.45) is 3.26. The Kier molecular flexibility index (Phi) is 4.57. The van der Waals surface area contributed by atoms with E-state index >= 15 is 0 Å². The summed E-state index contributed by atoms with van der Waals surface area (Å²) in [7, 11) is -0.806. The van der Waals surface area contributed by atoms with Crippen molar-refractivity contribution in [1.82, 2.24) is 9.88 Å². The second-order valence-corrected chi connectivity index (χ2v) is 8.34. The molecule has 1 aromatic heterocycles. The number of aromatic nitrogens is 1. The molecule has 1 aliphatic heterocycles. The molecule has 2 aromatic rings. The van der Waals surface area contributed by atoms with Gasteiger partial charge in [0.2, 0.25) is 5.91 Å². The molecule has 0 saturated carbocycles. The third kappa shape index (κ3) is 3.07. The summed E-state index contributed by atoms with van der Waals surface area (Å²) < 4.78 is 11.9. The third-order valence-electron chi connectivity index (χ3n) is 5.06. The van der Waals surface area contributed by atoms with Crippen LogP contribution in [0.1, 0.15) is 31.4 Å². The van der Waals surface area contributed by atoms with Gasteiger partial charge in [0, 0.05) is 52.7 Å². The Hall–Kier alpha value is -1.62. The van der Waals surface area contributed by atoms with Crippen LogP contribution >= 0.6 is 0 Å². The molecule has 1 N–H and O–H groups in total. The van der Waals surface area contributed by atoms with Crippen LogP contribution in [0.5, 0.6) is 0 Å². The van der Waals surface area contributed by atoms with E-state index in [1.165, 1.54) is 16.5 Å². The number of carbonyl (C=O) groups excluding carboxylic acids is 1. The van der Waals surface area contributed by atoms with Gasteiger partial charge < -0.3 is 9.88 Å². The molecule has 3 rings (SSSR count). The first kappa shape index (κ1) is 16.2. The van der Waals surface area contributed by atoms with Gasteiger partial charge in [0.05, 0.1) is 5.25 Å². The lowest BCUT2D eigenvalue weighted by molar-refractivity contribution is -0.133. The Labute approximate surface area is 139 Å². The van der Waals surface area contributed by atoms with Gasteiger partial charge >= 0.3 is 0 Å². The van der Waals surface area contributed by atoms with Crippen molar-refractivity contribution in [3.63, 3.8) is 0 Å². The molecule has 1 aliphatic rings. The Morgan fingerprint density at radius 1 is 1.39 bits per heavy atom. The highest BCUT2D eigenvalue weighted by atomic mass is 32.2. The first-order chi connectivity index (χ1) is 11.0. The van der Waals surface area contributed by atoms with Crippen LogP contribution in [-0.2, 0) is 22.0 Å². The topological polar surface area (TPSA) is 53.2 Å². The van der Waals surface area contributed by atoms with Gasteiger partial charge in [-0.2, -0.15) is 0 Å². The first-order valence-corrected chi connectivity index (χ1v) is 9.59. The maximum atomic E-state index is 12.6. The minimum Gasteiger partial charge on any atom is -0.361 e. The number of fused-ring (bicyclic) bond motifs is 1. The summed E-state index contributed by atoms with van der Waals surface area (Å²) in [5, 5.41) is 1.27. The summed E-state index contributed by atoms with van der Waals surface area (Å²) in [4.78, 5) is 17.8. The molecule has 0 radical (unpaired) electrons. The molecule has 1 saturated heterocycles. The van der Waals surface area contributed by atoms with Gasteiger partial charge in [0.25, 0.3) is 0 Å². The predicted octanol–water partition coefficient (Wildman–Crippen LogP) is 2.78. The van der Waals surface area contributed by atoms with Crippen molar-refractivity contribution in [3.8, 4) is 0 Å². The number of aromatic amines is 1. The zero-order valence-electron chi connectivity index (χ0n) is 14.0. The molecule has 5 heteroatoms. The van der Waals surface area contributed by atoms with Crippen molar-refractivity contribution in [1.29, 1.82) is 0 Å². The van der Waals surface area contributed by atoms with Crippen molar-refractivity contribution < 1.29 is 9.00 Å². The Bertz CT molecular complexity index is 753. The standard InChI is InChI=1S/C18H24N2O2S/c1-12-5-4-6-16-15(11-19-18(12)16)7-8-17(21)20-9-10-23(22)14(3)13(20)2/h4-6,11,13-14,19H,7-10H2,1-3H3/t13-,14-,23+/m1/s1. The predicted molar refractivity (Wildman–Crippen MR) is 95.0 cm³/mol. The Balaban J connectivity index is 1.69. The molecule has 124 valence electrons. The molecule has 3 atom stereocenters. The number of carbonyl (C=O) groups is 1. The maximum Gasteiger partial charge on any atom is 0.223 e. The lowest BCUT2D eigenvalue weighted by atomic mass is 10.1. The quantitative estimate of drug-likeness (QED) is 0.940.